The van der Waals surface area contributed by atoms with Crippen LogP contribution in [0.4, 0.5) is 5.69 Å². The Morgan fingerprint density at radius 3 is 2.48 bits per heavy atom. The van der Waals surface area contributed by atoms with Crippen LogP contribution < -0.4 is 10.0 Å². The molecule has 21 heavy (non-hydrogen) atoms. The highest BCUT2D eigenvalue weighted by Gasteiger charge is 2.22. The van der Waals surface area contributed by atoms with Crippen LogP contribution in [-0.2, 0) is 17.1 Å². The number of hydrogen-bond acceptors (Lipinski definition) is 5. The summed E-state index contributed by atoms with van der Waals surface area (Å²) < 4.78 is 27.4. The maximum absolute atomic E-state index is 12.4. The number of benzene rings is 1. The number of amidine groups is 1. The lowest BCUT2D eigenvalue weighted by atomic mass is 10.2. The zero-order valence-electron chi connectivity index (χ0n) is 11.5. The lowest BCUT2D eigenvalue weighted by molar-refractivity contribution is 0.318. The van der Waals surface area contributed by atoms with E-state index in [-0.39, 0.29) is 10.7 Å². The van der Waals surface area contributed by atoms with Gasteiger partial charge in [0.1, 0.15) is 4.90 Å². The van der Waals surface area contributed by atoms with Crippen LogP contribution in [0.2, 0.25) is 0 Å². The van der Waals surface area contributed by atoms with E-state index in [1.54, 1.807) is 31.3 Å². The molecule has 0 unspecified atom stereocenters. The lowest BCUT2D eigenvalue weighted by Gasteiger charge is -2.18. The van der Waals surface area contributed by atoms with Gasteiger partial charge in [-0.05, 0) is 24.3 Å². The fourth-order valence-corrected chi connectivity index (χ4v) is 2.91. The summed E-state index contributed by atoms with van der Waals surface area (Å²) in [6.07, 6.45) is 2.72. The zero-order valence-corrected chi connectivity index (χ0v) is 12.3. The third-order valence-corrected chi connectivity index (χ3v) is 4.71. The zero-order chi connectivity index (χ0) is 15.6. The molecule has 1 aromatic heterocycles. The normalized spacial score (nSPS) is 12.4. The third-order valence-electron chi connectivity index (χ3n) is 2.97. The lowest BCUT2D eigenvalue weighted by Crippen LogP contribution is -2.26. The number of rotatable bonds is 4. The number of oxime groups is 1. The molecular formula is C12H15N5O3S. The smallest absolute Gasteiger partial charge is 0.267 e. The van der Waals surface area contributed by atoms with Gasteiger partial charge in [0.05, 0.1) is 11.9 Å². The number of nitrogens with zero attached hydrogens (tertiary/aromatic N) is 4. The monoisotopic (exact) mass is 309 g/mol. The van der Waals surface area contributed by atoms with E-state index in [9.17, 15) is 8.42 Å². The second kappa shape index (κ2) is 5.44. The molecule has 8 nitrogen and oxygen atoms in total. The molecule has 0 fully saturated rings. The van der Waals surface area contributed by atoms with Crippen molar-refractivity contribution in [1.29, 1.82) is 0 Å². The minimum absolute atomic E-state index is 0.0423. The van der Waals surface area contributed by atoms with E-state index in [1.807, 2.05) is 0 Å². The van der Waals surface area contributed by atoms with Crippen molar-refractivity contribution in [2.75, 3.05) is 11.4 Å². The first kappa shape index (κ1) is 14.9. The summed E-state index contributed by atoms with van der Waals surface area (Å²) in [6.45, 7) is 0. The largest absolute Gasteiger partial charge is 0.409 e. The number of sulfonamides is 1. The second-order valence-electron chi connectivity index (χ2n) is 4.35. The first-order valence-corrected chi connectivity index (χ1v) is 7.36. The molecule has 0 amide bonds. The molecule has 0 saturated heterocycles. The topological polar surface area (TPSA) is 114 Å². The van der Waals surface area contributed by atoms with Gasteiger partial charge in [-0.1, -0.05) is 5.16 Å². The van der Waals surface area contributed by atoms with Crippen molar-refractivity contribution in [1.82, 2.24) is 9.78 Å². The van der Waals surface area contributed by atoms with Crippen LogP contribution in [-0.4, -0.2) is 36.3 Å². The number of anilines is 1. The standard InChI is InChI=1S/C12H15N5O3S/c1-16-8-11(7-14-16)21(19,20)17(2)10-5-3-9(4-6-10)12(13)15-18/h3-8,18H,1-2H3,(H2,13,15). The molecule has 0 spiro atoms. The molecule has 0 aliphatic rings. The van der Waals surface area contributed by atoms with E-state index < -0.39 is 10.0 Å². The van der Waals surface area contributed by atoms with E-state index in [0.29, 0.717) is 11.3 Å². The predicted molar refractivity (Wildman–Crippen MR) is 77.7 cm³/mol. The summed E-state index contributed by atoms with van der Waals surface area (Å²) >= 11 is 0. The van der Waals surface area contributed by atoms with Gasteiger partial charge in [0, 0.05) is 25.9 Å². The van der Waals surface area contributed by atoms with Crippen LogP contribution >= 0.6 is 0 Å². The minimum Gasteiger partial charge on any atom is -0.409 e. The van der Waals surface area contributed by atoms with Crippen LogP contribution in [0.25, 0.3) is 0 Å². The number of nitrogens with two attached hydrogens (primary N) is 1. The van der Waals surface area contributed by atoms with Crippen molar-refractivity contribution in [3.63, 3.8) is 0 Å². The Balaban J connectivity index is 2.33. The molecule has 0 bridgehead atoms. The minimum atomic E-state index is -3.67. The summed E-state index contributed by atoms with van der Waals surface area (Å²) in [6, 6.07) is 6.28. The van der Waals surface area contributed by atoms with Gasteiger partial charge in [-0.25, -0.2) is 8.42 Å². The van der Waals surface area contributed by atoms with Crippen molar-refractivity contribution in [2.45, 2.75) is 4.90 Å². The molecule has 3 N–H and O–H groups in total. The van der Waals surface area contributed by atoms with Gasteiger partial charge in [0.2, 0.25) is 0 Å². The van der Waals surface area contributed by atoms with E-state index in [1.165, 1.54) is 24.1 Å². The number of aryl methyl sites for hydroxylation is 1. The molecule has 0 aliphatic heterocycles. The summed E-state index contributed by atoms with van der Waals surface area (Å²) in [5.74, 6) is -0.0423. The Morgan fingerprint density at radius 2 is 2.00 bits per heavy atom. The molecular weight excluding hydrogens is 294 g/mol. The molecule has 0 aliphatic carbocycles. The Kier molecular flexibility index (Phi) is 3.85. The molecule has 1 heterocycles. The fraction of sp³-hybridized carbons (Fsp3) is 0.167. The number of aromatic nitrogens is 2. The molecule has 0 saturated carbocycles. The van der Waals surface area contributed by atoms with Gasteiger partial charge in [-0.3, -0.25) is 8.99 Å². The van der Waals surface area contributed by atoms with Crippen LogP contribution in [0, 0.1) is 0 Å². The summed E-state index contributed by atoms with van der Waals surface area (Å²) in [7, 11) is -0.582. The van der Waals surface area contributed by atoms with Gasteiger partial charge in [-0.2, -0.15) is 5.10 Å². The van der Waals surface area contributed by atoms with Gasteiger partial charge < -0.3 is 10.9 Å². The average molecular weight is 309 g/mol. The van der Waals surface area contributed by atoms with Crippen LogP contribution in [0.5, 0.6) is 0 Å². The van der Waals surface area contributed by atoms with Crippen LogP contribution in [0.1, 0.15) is 5.56 Å². The number of hydrogen-bond donors (Lipinski definition) is 2. The third kappa shape index (κ3) is 2.82. The van der Waals surface area contributed by atoms with Crippen molar-refractivity contribution in [3.8, 4) is 0 Å². The van der Waals surface area contributed by atoms with Crippen LogP contribution in [0.15, 0.2) is 46.7 Å². The molecule has 112 valence electrons. The Bertz CT molecular complexity index is 764. The average Bonchev–Trinajstić information content (AvgIpc) is 2.93. The predicted octanol–water partition coefficient (Wildman–Crippen LogP) is 0.340. The van der Waals surface area contributed by atoms with E-state index in [4.69, 9.17) is 10.9 Å². The molecule has 9 heteroatoms. The molecule has 2 rings (SSSR count). The van der Waals surface area contributed by atoms with Crippen molar-refractivity contribution >= 4 is 21.5 Å². The summed E-state index contributed by atoms with van der Waals surface area (Å²) in [4.78, 5) is 0.105. The SMILES string of the molecule is CN(c1ccc(C(N)=NO)cc1)S(=O)(=O)c1cnn(C)c1. The van der Waals surface area contributed by atoms with Gasteiger partial charge in [0.25, 0.3) is 10.0 Å². The van der Waals surface area contributed by atoms with E-state index in [0.717, 1.165) is 4.31 Å². The highest BCUT2D eigenvalue weighted by molar-refractivity contribution is 7.92. The van der Waals surface area contributed by atoms with E-state index >= 15 is 0 Å². The summed E-state index contributed by atoms with van der Waals surface area (Å²) in [5.41, 5.74) is 6.40. The quantitative estimate of drug-likeness (QED) is 0.366. The van der Waals surface area contributed by atoms with Crippen LogP contribution in [0.3, 0.4) is 0 Å². The maximum atomic E-state index is 12.4. The van der Waals surface area contributed by atoms with Crippen molar-refractivity contribution in [2.24, 2.45) is 17.9 Å². The first-order valence-electron chi connectivity index (χ1n) is 5.92. The Morgan fingerprint density at radius 1 is 1.38 bits per heavy atom. The van der Waals surface area contributed by atoms with Gasteiger partial charge in [-0.15, -0.1) is 0 Å². The van der Waals surface area contributed by atoms with E-state index in [2.05, 4.69) is 10.3 Å². The molecule has 0 atom stereocenters. The first-order chi connectivity index (χ1) is 9.86. The molecule has 2 aromatic rings. The molecule has 1 aromatic carbocycles. The summed E-state index contributed by atoms with van der Waals surface area (Å²) in [5, 5.41) is 15.3. The highest BCUT2D eigenvalue weighted by Crippen LogP contribution is 2.21. The maximum Gasteiger partial charge on any atom is 0.267 e. The van der Waals surface area contributed by atoms with Gasteiger partial charge in [0.15, 0.2) is 5.84 Å². The second-order valence-corrected chi connectivity index (χ2v) is 6.32. The molecule has 0 radical (unpaired) electrons. The van der Waals surface area contributed by atoms with Crippen molar-refractivity contribution in [3.05, 3.63) is 42.2 Å². The Labute approximate surface area is 122 Å². The van der Waals surface area contributed by atoms with Gasteiger partial charge >= 0.3 is 0 Å². The highest BCUT2D eigenvalue weighted by atomic mass is 32.2. The van der Waals surface area contributed by atoms with Crippen molar-refractivity contribution < 1.29 is 13.6 Å². The fourth-order valence-electron chi connectivity index (χ4n) is 1.73. The Hall–Kier alpha value is -2.55.